The van der Waals surface area contributed by atoms with E-state index >= 15 is 0 Å². The van der Waals surface area contributed by atoms with Gasteiger partial charge < -0.3 is 10.1 Å². The second kappa shape index (κ2) is 8.24. The minimum Gasteiger partial charge on any atom is -0.376 e. The van der Waals surface area contributed by atoms with Gasteiger partial charge in [0, 0.05) is 31.7 Å². The normalized spacial score (nSPS) is 19.7. The Morgan fingerprint density at radius 2 is 2.00 bits per heavy atom. The van der Waals surface area contributed by atoms with E-state index in [1.54, 1.807) is 0 Å². The minimum absolute atomic E-state index is 0.0112. The number of aryl methyl sites for hydroxylation is 2. The van der Waals surface area contributed by atoms with Crippen LogP contribution >= 0.6 is 0 Å². The van der Waals surface area contributed by atoms with Crippen LogP contribution in [0.25, 0.3) is 0 Å². The van der Waals surface area contributed by atoms with E-state index in [2.05, 4.69) is 53.5 Å². The third kappa shape index (κ3) is 4.57. The van der Waals surface area contributed by atoms with Crippen LogP contribution in [0.15, 0.2) is 42.5 Å². The van der Waals surface area contributed by atoms with Crippen LogP contribution in [0.2, 0.25) is 0 Å². The highest BCUT2D eigenvalue weighted by molar-refractivity contribution is 5.94. The monoisotopic (exact) mass is 364 g/mol. The summed E-state index contributed by atoms with van der Waals surface area (Å²) in [7, 11) is 0. The van der Waals surface area contributed by atoms with E-state index in [0.717, 1.165) is 50.2 Å². The molecular weight excluding hydrogens is 336 g/mol. The van der Waals surface area contributed by atoms with Crippen molar-refractivity contribution in [3.8, 4) is 0 Å². The molecular formula is C23H28N2O2. The maximum atomic E-state index is 12.5. The van der Waals surface area contributed by atoms with Crippen molar-refractivity contribution in [2.45, 2.75) is 45.4 Å². The van der Waals surface area contributed by atoms with E-state index in [4.69, 9.17) is 4.74 Å². The van der Waals surface area contributed by atoms with E-state index < -0.39 is 0 Å². The molecule has 2 aliphatic rings. The summed E-state index contributed by atoms with van der Waals surface area (Å²) in [6.07, 6.45) is 3.74. The lowest BCUT2D eigenvalue weighted by Gasteiger charge is -2.31. The van der Waals surface area contributed by atoms with Crippen LogP contribution in [0.4, 0.5) is 0 Å². The van der Waals surface area contributed by atoms with Crippen LogP contribution in [0.3, 0.4) is 0 Å². The van der Waals surface area contributed by atoms with Gasteiger partial charge in [0.25, 0.3) is 5.91 Å². The number of hydrogen-bond acceptors (Lipinski definition) is 3. The summed E-state index contributed by atoms with van der Waals surface area (Å²) in [4.78, 5) is 14.9. The summed E-state index contributed by atoms with van der Waals surface area (Å²) in [5.74, 6) is 0.0112. The highest BCUT2D eigenvalue weighted by atomic mass is 16.5. The number of carbonyl (C=O) groups excluding carboxylic acids is 1. The number of rotatable bonds is 5. The standard InChI is InChI=1S/C23H28N2O2/c1-17-15-25(10-11-27-17)16-19-5-2-4-18(12-19)14-24-23(26)22-9-8-20-6-3-7-21(20)13-22/h2,4-5,8-9,12-13,17H,3,6-7,10-11,14-16H2,1H3,(H,24,26). The molecule has 0 bridgehead atoms. The van der Waals surface area contributed by atoms with Crippen molar-refractivity contribution in [2.75, 3.05) is 19.7 Å². The number of fused-ring (bicyclic) bond motifs is 1. The summed E-state index contributed by atoms with van der Waals surface area (Å²) in [6.45, 7) is 6.36. The molecule has 1 fully saturated rings. The second-order valence-corrected chi connectivity index (χ2v) is 7.76. The largest absolute Gasteiger partial charge is 0.376 e. The molecule has 1 unspecified atom stereocenters. The number of benzene rings is 2. The third-order valence-corrected chi connectivity index (χ3v) is 5.54. The Labute approximate surface area is 161 Å². The molecule has 2 aromatic rings. The second-order valence-electron chi connectivity index (χ2n) is 7.76. The predicted molar refractivity (Wildman–Crippen MR) is 107 cm³/mol. The van der Waals surface area contributed by atoms with E-state index in [1.165, 1.54) is 23.1 Å². The van der Waals surface area contributed by atoms with E-state index in [9.17, 15) is 4.79 Å². The number of morpholine rings is 1. The number of carbonyl (C=O) groups is 1. The fourth-order valence-electron chi connectivity index (χ4n) is 4.13. The van der Waals surface area contributed by atoms with E-state index in [-0.39, 0.29) is 5.91 Å². The molecule has 1 heterocycles. The van der Waals surface area contributed by atoms with Gasteiger partial charge in [-0.2, -0.15) is 0 Å². The van der Waals surface area contributed by atoms with Crippen molar-refractivity contribution < 1.29 is 9.53 Å². The van der Waals surface area contributed by atoms with Gasteiger partial charge in [-0.1, -0.05) is 30.3 Å². The molecule has 142 valence electrons. The zero-order valence-electron chi connectivity index (χ0n) is 16.0. The van der Waals surface area contributed by atoms with Crippen molar-refractivity contribution in [1.29, 1.82) is 0 Å². The number of nitrogens with zero attached hydrogens (tertiary/aromatic N) is 1. The maximum Gasteiger partial charge on any atom is 0.251 e. The van der Waals surface area contributed by atoms with Gasteiger partial charge >= 0.3 is 0 Å². The zero-order valence-corrected chi connectivity index (χ0v) is 16.0. The fourth-order valence-corrected chi connectivity index (χ4v) is 4.13. The van der Waals surface area contributed by atoms with Gasteiger partial charge in [-0.3, -0.25) is 9.69 Å². The molecule has 4 rings (SSSR count). The molecule has 27 heavy (non-hydrogen) atoms. The molecule has 0 radical (unpaired) electrons. The quantitative estimate of drug-likeness (QED) is 0.885. The summed E-state index contributed by atoms with van der Waals surface area (Å²) >= 11 is 0. The molecule has 0 aromatic heterocycles. The van der Waals surface area contributed by atoms with Crippen LogP contribution in [0.5, 0.6) is 0 Å². The highest BCUT2D eigenvalue weighted by Crippen LogP contribution is 2.22. The van der Waals surface area contributed by atoms with Gasteiger partial charge in [0.15, 0.2) is 0 Å². The van der Waals surface area contributed by atoms with Gasteiger partial charge in [0.2, 0.25) is 0 Å². The average Bonchev–Trinajstić information content (AvgIpc) is 3.14. The average molecular weight is 364 g/mol. The van der Waals surface area contributed by atoms with E-state index in [0.29, 0.717) is 12.6 Å². The van der Waals surface area contributed by atoms with Crippen LogP contribution < -0.4 is 5.32 Å². The van der Waals surface area contributed by atoms with E-state index in [1.807, 2.05) is 6.07 Å². The lowest BCUT2D eigenvalue weighted by molar-refractivity contribution is -0.0212. The first-order valence-corrected chi connectivity index (χ1v) is 9.99. The highest BCUT2D eigenvalue weighted by Gasteiger charge is 2.17. The summed E-state index contributed by atoms with van der Waals surface area (Å²) in [5, 5.41) is 3.07. The van der Waals surface area contributed by atoms with Crippen molar-refractivity contribution in [3.05, 3.63) is 70.3 Å². The Morgan fingerprint density at radius 1 is 1.15 bits per heavy atom. The Bertz CT molecular complexity index is 818. The summed E-state index contributed by atoms with van der Waals surface area (Å²) in [6, 6.07) is 14.6. The number of nitrogens with one attached hydrogen (secondary N) is 1. The maximum absolute atomic E-state index is 12.5. The van der Waals surface area contributed by atoms with Crippen LogP contribution in [0.1, 0.15) is 46.0 Å². The van der Waals surface area contributed by atoms with Gasteiger partial charge in [0.1, 0.15) is 0 Å². The lowest BCUT2D eigenvalue weighted by Crippen LogP contribution is -2.40. The van der Waals surface area contributed by atoms with Crippen LogP contribution in [0, 0.1) is 0 Å². The lowest BCUT2D eigenvalue weighted by atomic mass is 10.1. The van der Waals surface area contributed by atoms with Gasteiger partial charge in [-0.15, -0.1) is 0 Å². The molecule has 1 atom stereocenters. The molecule has 2 aromatic carbocycles. The van der Waals surface area contributed by atoms with Crippen molar-refractivity contribution >= 4 is 5.91 Å². The molecule has 4 nitrogen and oxygen atoms in total. The Kier molecular flexibility index (Phi) is 5.55. The first-order valence-electron chi connectivity index (χ1n) is 9.99. The molecule has 4 heteroatoms. The first-order chi connectivity index (χ1) is 13.2. The topological polar surface area (TPSA) is 41.6 Å². The van der Waals surface area contributed by atoms with Gasteiger partial charge in [-0.25, -0.2) is 0 Å². The number of ether oxygens (including phenoxy) is 1. The number of hydrogen-bond donors (Lipinski definition) is 1. The molecule has 1 aliphatic carbocycles. The molecule has 1 aliphatic heterocycles. The fraction of sp³-hybridized carbons (Fsp3) is 0.435. The first kappa shape index (κ1) is 18.2. The van der Waals surface area contributed by atoms with Gasteiger partial charge in [0.05, 0.1) is 12.7 Å². The number of amides is 1. The van der Waals surface area contributed by atoms with Crippen molar-refractivity contribution in [3.63, 3.8) is 0 Å². The molecule has 1 saturated heterocycles. The Morgan fingerprint density at radius 3 is 2.89 bits per heavy atom. The van der Waals surface area contributed by atoms with Crippen molar-refractivity contribution in [1.82, 2.24) is 10.2 Å². The third-order valence-electron chi connectivity index (χ3n) is 5.54. The molecule has 1 amide bonds. The summed E-state index contributed by atoms with van der Waals surface area (Å²) in [5.41, 5.74) is 5.94. The Hall–Kier alpha value is -2.17. The zero-order chi connectivity index (χ0) is 18.6. The van der Waals surface area contributed by atoms with Crippen LogP contribution in [-0.4, -0.2) is 36.6 Å². The van der Waals surface area contributed by atoms with Crippen molar-refractivity contribution in [2.24, 2.45) is 0 Å². The smallest absolute Gasteiger partial charge is 0.251 e. The Balaban J connectivity index is 1.35. The predicted octanol–water partition coefficient (Wildman–Crippen LogP) is 3.33. The molecule has 0 saturated carbocycles. The SMILES string of the molecule is CC1CN(Cc2cccc(CNC(=O)c3ccc4c(c3)CCC4)c2)CCO1. The van der Waals surface area contributed by atoms with Gasteiger partial charge in [-0.05, 0) is 60.6 Å². The summed E-state index contributed by atoms with van der Waals surface area (Å²) < 4.78 is 5.61. The molecule has 0 spiro atoms. The molecule has 1 N–H and O–H groups in total. The minimum atomic E-state index is 0.0112. The van der Waals surface area contributed by atoms with Crippen LogP contribution in [-0.2, 0) is 30.7 Å².